The molecule has 3 heteroatoms. The summed E-state index contributed by atoms with van der Waals surface area (Å²) in [5, 5.41) is 0. The molecule has 2 nitrogen and oxygen atoms in total. The quantitative estimate of drug-likeness (QED) is 0.633. The van der Waals surface area contributed by atoms with Gasteiger partial charge in [-0.3, -0.25) is 0 Å². The molecule has 0 saturated heterocycles. The highest BCUT2D eigenvalue weighted by molar-refractivity contribution is 14.1. The van der Waals surface area contributed by atoms with E-state index in [4.69, 9.17) is 4.74 Å². The van der Waals surface area contributed by atoms with Crippen molar-refractivity contribution in [3.05, 3.63) is 33.4 Å². The van der Waals surface area contributed by atoms with E-state index in [1.54, 1.807) is 12.1 Å². The van der Waals surface area contributed by atoms with Gasteiger partial charge in [-0.05, 0) is 60.2 Å². The number of hydrogen-bond acceptors (Lipinski definition) is 2. The van der Waals surface area contributed by atoms with Gasteiger partial charge >= 0.3 is 5.97 Å². The molecular formula is C11H13IO2. The summed E-state index contributed by atoms with van der Waals surface area (Å²) in [4.78, 5) is 11.5. The zero-order chi connectivity index (χ0) is 10.6. The van der Waals surface area contributed by atoms with Crippen molar-refractivity contribution < 1.29 is 9.53 Å². The van der Waals surface area contributed by atoms with Crippen molar-refractivity contribution >= 4 is 28.6 Å². The molecule has 0 spiro atoms. The summed E-state index contributed by atoms with van der Waals surface area (Å²) in [5.74, 6) is -0.240. The first-order chi connectivity index (χ1) is 6.63. The highest BCUT2D eigenvalue weighted by atomic mass is 127. The highest BCUT2D eigenvalue weighted by Gasteiger charge is 2.09. The molecule has 0 radical (unpaired) electrons. The van der Waals surface area contributed by atoms with E-state index in [1.165, 1.54) is 0 Å². The maximum Gasteiger partial charge on any atom is 0.338 e. The second-order valence-corrected chi connectivity index (χ2v) is 4.38. The Bertz CT molecular complexity index is 306. The Hall–Kier alpha value is -0.580. The third kappa shape index (κ3) is 3.29. The van der Waals surface area contributed by atoms with E-state index < -0.39 is 0 Å². The molecule has 0 bridgehead atoms. The molecule has 0 aliphatic rings. The molecular weight excluding hydrogens is 291 g/mol. The minimum Gasteiger partial charge on any atom is -0.459 e. The largest absolute Gasteiger partial charge is 0.459 e. The summed E-state index contributed by atoms with van der Waals surface area (Å²) in [7, 11) is 0. The predicted octanol–water partition coefficient (Wildman–Crippen LogP) is 3.25. The summed E-state index contributed by atoms with van der Waals surface area (Å²) in [6.45, 7) is 3.89. The van der Waals surface area contributed by atoms with Crippen LogP contribution in [0.3, 0.4) is 0 Å². The van der Waals surface area contributed by atoms with Crippen LogP contribution >= 0.6 is 22.6 Å². The van der Waals surface area contributed by atoms with Gasteiger partial charge in [0.1, 0.15) is 0 Å². The summed E-state index contributed by atoms with van der Waals surface area (Å²) < 4.78 is 6.30. The molecule has 1 atom stereocenters. The molecule has 0 heterocycles. The molecule has 0 aromatic heterocycles. The summed E-state index contributed by atoms with van der Waals surface area (Å²) in [6.07, 6.45) is 0.831. The summed E-state index contributed by atoms with van der Waals surface area (Å²) >= 11 is 2.20. The van der Waals surface area contributed by atoms with Crippen LogP contribution in [0.1, 0.15) is 30.6 Å². The molecule has 14 heavy (non-hydrogen) atoms. The number of carbonyl (C=O) groups excluding carboxylic acids is 1. The lowest BCUT2D eigenvalue weighted by molar-refractivity contribution is 0.0334. The second-order valence-electron chi connectivity index (χ2n) is 3.13. The van der Waals surface area contributed by atoms with Gasteiger partial charge in [-0.1, -0.05) is 6.92 Å². The van der Waals surface area contributed by atoms with E-state index in [0.717, 1.165) is 9.99 Å². The lowest BCUT2D eigenvalue weighted by Crippen LogP contribution is -2.13. The Kier molecular flexibility index (Phi) is 4.38. The average Bonchev–Trinajstić information content (AvgIpc) is 2.18. The van der Waals surface area contributed by atoms with E-state index in [2.05, 4.69) is 22.6 Å². The van der Waals surface area contributed by atoms with Crippen molar-refractivity contribution in [3.8, 4) is 0 Å². The van der Waals surface area contributed by atoms with Crippen molar-refractivity contribution in [2.45, 2.75) is 26.4 Å². The fourth-order valence-corrected chi connectivity index (χ4v) is 1.28. The first kappa shape index (κ1) is 11.5. The zero-order valence-electron chi connectivity index (χ0n) is 8.29. The number of esters is 1. The second kappa shape index (κ2) is 5.34. The fraction of sp³-hybridized carbons (Fsp3) is 0.364. The Labute approximate surface area is 97.8 Å². The van der Waals surface area contributed by atoms with Crippen LogP contribution in [-0.4, -0.2) is 12.1 Å². The molecule has 0 aliphatic carbocycles. The predicted molar refractivity (Wildman–Crippen MR) is 64.3 cm³/mol. The highest BCUT2D eigenvalue weighted by Crippen LogP contribution is 2.09. The first-order valence-corrected chi connectivity index (χ1v) is 5.68. The zero-order valence-corrected chi connectivity index (χ0v) is 10.4. The molecule has 0 N–H and O–H groups in total. The molecule has 1 aromatic carbocycles. The number of rotatable bonds is 3. The monoisotopic (exact) mass is 304 g/mol. The van der Waals surface area contributed by atoms with E-state index in [9.17, 15) is 4.79 Å². The summed E-state index contributed by atoms with van der Waals surface area (Å²) in [6, 6.07) is 7.36. The van der Waals surface area contributed by atoms with Crippen molar-refractivity contribution in [1.82, 2.24) is 0 Å². The van der Waals surface area contributed by atoms with Gasteiger partial charge in [-0.15, -0.1) is 0 Å². The van der Waals surface area contributed by atoms with Crippen LogP contribution < -0.4 is 0 Å². The van der Waals surface area contributed by atoms with Crippen LogP contribution in [-0.2, 0) is 4.74 Å². The fourth-order valence-electron chi connectivity index (χ4n) is 0.920. The van der Waals surface area contributed by atoms with Gasteiger partial charge in [0.2, 0.25) is 0 Å². The van der Waals surface area contributed by atoms with Crippen molar-refractivity contribution in [2.24, 2.45) is 0 Å². The Morgan fingerprint density at radius 3 is 2.50 bits per heavy atom. The molecule has 1 aromatic rings. The Morgan fingerprint density at radius 1 is 1.43 bits per heavy atom. The normalized spacial score (nSPS) is 12.2. The molecule has 76 valence electrons. The molecule has 0 saturated carbocycles. The topological polar surface area (TPSA) is 26.3 Å². The van der Waals surface area contributed by atoms with Gasteiger partial charge in [0.05, 0.1) is 11.7 Å². The van der Waals surface area contributed by atoms with E-state index in [1.807, 2.05) is 26.0 Å². The van der Waals surface area contributed by atoms with Crippen molar-refractivity contribution in [1.29, 1.82) is 0 Å². The van der Waals surface area contributed by atoms with Crippen LogP contribution in [0.2, 0.25) is 0 Å². The van der Waals surface area contributed by atoms with Crippen LogP contribution in [0, 0.1) is 3.57 Å². The lowest BCUT2D eigenvalue weighted by Gasteiger charge is -2.10. The van der Waals surface area contributed by atoms with Crippen molar-refractivity contribution in [2.75, 3.05) is 0 Å². The van der Waals surface area contributed by atoms with Crippen LogP contribution in [0.25, 0.3) is 0 Å². The maximum atomic E-state index is 11.5. The van der Waals surface area contributed by atoms with Crippen LogP contribution in [0.5, 0.6) is 0 Å². The van der Waals surface area contributed by atoms with Gasteiger partial charge in [0, 0.05) is 3.57 Å². The summed E-state index contributed by atoms with van der Waals surface area (Å²) in [5.41, 5.74) is 0.616. The van der Waals surface area contributed by atoms with Gasteiger partial charge in [0.15, 0.2) is 0 Å². The number of halogens is 1. The van der Waals surface area contributed by atoms with Gasteiger partial charge in [-0.25, -0.2) is 4.79 Å². The third-order valence-corrected chi connectivity index (χ3v) is 2.68. The molecule has 1 unspecified atom stereocenters. The van der Waals surface area contributed by atoms with Crippen LogP contribution in [0.4, 0.5) is 0 Å². The molecule has 0 aliphatic heterocycles. The maximum absolute atomic E-state index is 11.5. The Morgan fingerprint density at radius 2 is 2.00 bits per heavy atom. The third-order valence-electron chi connectivity index (χ3n) is 1.96. The minimum atomic E-state index is -0.240. The smallest absolute Gasteiger partial charge is 0.338 e. The van der Waals surface area contributed by atoms with E-state index in [-0.39, 0.29) is 12.1 Å². The number of carbonyl (C=O) groups is 1. The van der Waals surface area contributed by atoms with Gasteiger partial charge < -0.3 is 4.74 Å². The molecule has 0 fully saturated rings. The number of benzene rings is 1. The van der Waals surface area contributed by atoms with Crippen LogP contribution in [0.15, 0.2) is 24.3 Å². The molecule has 0 amide bonds. The number of ether oxygens (including phenoxy) is 1. The molecule has 1 rings (SSSR count). The Balaban J connectivity index is 2.65. The van der Waals surface area contributed by atoms with E-state index >= 15 is 0 Å². The van der Waals surface area contributed by atoms with Crippen molar-refractivity contribution in [3.63, 3.8) is 0 Å². The first-order valence-electron chi connectivity index (χ1n) is 4.60. The average molecular weight is 304 g/mol. The van der Waals surface area contributed by atoms with Gasteiger partial charge in [-0.2, -0.15) is 0 Å². The number of hydrogen-bond donors (Lipinski definition) is 0. The van der Waals surface area contributed by atoms with Gasteiger partial charge in [0.25, 0.3) is 0 Å². The minimum absolute atomic E-state index is 0.0122. The lowest BCUT2D eigenvalue weighted by atomic mass is 10.2. The van der Waals surface area contributed by atoms with E-state index in [0.29, 0.717) is 5.56 Å². The standard InChI is InChI=1S/C11H13IO2/c1-3-8(2)14-11(13)9-4-6-10(12)7-5-9/h4-8H,3H2,1-2H3. The SMILES string of the molecule is CCC(C)OC(=O)c1ccc(I)cc1.